The number of ether oxygens (including phenoxy) is 3. The lowest BCUT2D eigenvalue weighted by Gasteiger charge is -2.15. The normalized spacial score (nSPS) is 11.2. The third-order valence-electron chi connectivity index (χ3n) is 8.93. The first-order valence-electron chi connectivity index (χ1n) is 20.1. The summed E-state index contributed by atoms with van der Waals surface area (Å²) in [5.74, 6) is -4.15. The van der Waals surface area contributed by atoms with E-state index in [9.17, 15) is 14.4 Å². The molecule has 6 heteroatoms. The van der Waals surface area contributed by atoms with Gasteiger partial charge in [0.05, 0.1) is 19.8 Å². The molecule has 46 heavy (non-hydrogen) atoms. The number of carbonyl (C=O) groups is 3. The van der Waals surface area contributed by atoms with Gasteiger partial charge in [-0.25, -0.2) is 0 Å². The molecule has 0 heterocycles. The molecule has 0 aromatic carbocycles. The highest BCUT2D eigenvalue weighted by Crippen LogP contribution is 2.15. The van der Waals surface area contributed by atoms with Crippen LogP contribution in [0.3, 0.4) is 0 Å². The van der Waals surface area contributed by atoms with Gasteiger partial charge in [0.1, 0.15) is 0 Å². The van der Waals surface area contributed by atoms with Crippen molar-refractivity contribution in [1.82, 2.24) is 0 Å². The maximum absolute atomic E-state index is 12.9. The molecule has 6 nitrogen and oxygen atoms in total. The van der Waals surface area contributed by atoms with Crippen molar-refractivity contribution in [2.24, 2.45) is 5.92 Å². The topological polar surface area (TPSA) is 78.9 Å². The molecule has 0 atom stereocenters. The summed E-state index contributed by atoms with van der Waals surface area (Å²) in [4.78, 5) is 38.6. The van der Waals surface area contributed by atoms with E-state index in [4.69, 9.17) is 14.2 Å². The SMILES string of the molecule is CCCCCCCCCCCCOC(=O)C(C(=O)OCCCCCCCCCCCC)C(=O)OCCCCCCCCCCCC. The second kappa shape index (κ2) is 36.2. The second-order valence-corrected chi connectivity index (χ2v) is 13.5. The summed E-state index contributed by atoms with van der Waals surface area (Å²) in [5, 5.41) is 0. The third-order valence-corrected chi connectivity index (χ3v) is 8.93. The van der Waals surface area contributed by atoms with Crippen molar-refractivity contribution in [3.8, 4) is 0 Å². The van der Waals surface area contributed by atoms with Gasteiger partial charge in [-0.3, -0.25) is 14.4 Å². The molecule has 0 radical (unpaired) electrons. The average molecular weight is 653 g/mol. The molecular weight excluding hydrogens is 576 g/mol. The van der Waals surface area contributed by atoms with Gasteiger partial charge in [-0.1, -0.05) is 194 Å². The van der Waals surface area contributed by atoms with Crippen LogP contribution in [0, 0.1) is 5.92 Å². The van der Waals surface area contributed by atoms with Crippen LogP contribution in [0.2, 0.25) is 0 Å². The fourth-order valence-corrected chi connectivity index (χ4v) is 5.83. The van der Waals surface area contributed by atoms with Gasteiger partial charge in [0.2, 0.25) is 0 Å². The van der Waals surface area contributed by atoms with Crippen molar-refractivity contribution in [2.75, 3.05) is 19.8 Å². The number of hydrogen-bond donors (Lipinski definition) is 0. The van der Waals surface area contributed by atoms with Gasteiger partial charge in [-0.2, -0.15) is 0 Å². The van der Waals surface area contributed by atoms with E-state index >= 15 is 0 Å². The number of carbonyl (C=O) groups excluding carboxylic acids is 3. The highest BCUT2D eigenvalue weighted by Gasteiger charge is 2.38. The van der Waals surface area contributed by atoms with Crippen molar-refractivity contribution in [2.45, 2.75) is 213 Å². The molecule has 0 rings (SSSR count). The Morgan fingerprint density at radius 2 is 0.478 bits per heavy atom. The van der Waals surface area contributed by atoms with Crippen molar-refractivity contribution in [3.63, 3.8) is 0 Å². The largest absolute Gasteiger partial charge is 0.465 e. The first-order chi connectivity index (χ1) is 22.6. The monoisotopic (exact) mass is 653 g/mol. The van der Waals surface area contributed by atoms with Crippen LogP contribution in [0.4, 0.5) is 0 Å². The lowest BCUT2D eigenvalue weighted by molar-refractivity contribution is -0.172. The number of rotatable bonds is 36. The highest BCUT2D eigenvalue weighted by atomic mass is 16.6. The number of hydrogen-bond acceptors (Lipinski definition) is 6. The van der Waals surface area contributed by atoms with E-state index in [0.717, 1.165) is 57.8 Å². The van der Waals surface area contributed by atoms with E-state index < -0.39 is 23.8 Å². The zero-order chi connectivity index (χ0) is 33.8. The average Bonchev–Trinajstić information content (AvgIpc) is 3.05. The minimum Gasteiger partial charge on any atom is -0.465 e. The molecule has 0 aliphatic carbocycles. The van der Waals surface area contributed by atoms with Gasteiger partial charge in [0.15, 0.2) is 0 Å². The molecule has 0 spiro atoms. The molecule has 0 aliphatic heterocycles. The Kier molecular flexibility index (Phi) is 35.0. The Bertz CT molecular complexity index is 588. The van der Waals surface area contributed by atoms with Gasteiger partial charge in [-0.05, 0) is 19.3 Å². The molecule has 0 saturated heterocycles. The van der Waals surface area contributed by atoms with Crippen LogP contribution in [-0.4, -0.2) is 37.7 Å². The van der Waals surface area contributed by atoms with Crippen LogP contribution in [0.5, 0.6) is 0 Å². The molecule has 0 N–H and O–H groups in total. The summed E-state index contributed by atoms with van der Waals surface area (Å²) in [6.45, 7) is 7.34. The first-order valence-corrected chi connectivity index (χ1v) is 20.1. The van der Waals surface area contributed by atoms with Crippen LogP contribution >= 0.6 is 0 Å². The van der Waals surface area contributed by atoms with E-state index in [2.05, 4.69) is 20.8 Å². The summed E-state index contributed by atoms with van der Waals surface area (Å²) in [6.07, 6.45) is 35.4. The zero-order valence-corrected chi connectivity index (χ0v) is 30.9. The molecule has 0 aliphatic rings. The van der Waals surface area contributed by atoms with Crippen LogP contribution in [0.1, 0.15) is 213 Å². The molecular formula is C40H76O6. The molecule has 272 valence electrons. The zero-order valence-electron chi connectivity index (χ0n) is 30.9. The Hall–Kier alpha value is -1.59. The molecule has 0 unspecified atom stereocenters. The number of unbranched alkanes of at least 4 members (excludes halogenated alkanes) is 27. The summed E-state index contributed by atoms with van der Waals surface area (Å²) in [6, 6.07) is 0. The molecule has 0 bridgehead atoms. The van der Waals surface area contributed by atoms with Crippen LogP contribution in [-0.2, 0) is 28.6 Å². The Labute approximate surface area is 285 Å². The fraction of sp³-hybridized carbons (Fsp3) is 0.925. The summed E-state index contributed by atoms with van der Waals surface area (Å²) in [7, 11) is 0. The van der Waals surface area contributed by atoms with Crippen molar-refractivity contribution >= 4 is 17.9 Å². The van der Waals surface area contributed by atoms with E-state index in [-0.39, 0.29) is 19.8 Å². The van der Waals surface area contributed by atoms with E-state index in [1.807, 2.05) is 0 Å². The predicted molar refractivity (Wildman–Crippen MR) is 192 cm³/mol. The highest BCUT2D eigenvalue weighted by molar-refractivity contribution is 6.12. The minimum absolute atomic E-state index is 0.212. The van der Waals surface area contributed by atoms with Gasteiger partial charge in [-0.15, -0.1) is 0 Å². The Morgan fingerprint density at radius 3 is 0.674 bits per heavy atom. The summed E-state index contributed by atoms with van der Waals surface area (Å²) < 4.78 is 16.2. The Morgan fingerprint density at radius 1 is 0.304 bits per heavy atom. The lowest BCUT2D eigenvalue weighted by Crippen LogP contribution is -2.36. The van der Waals surface area contributed by atoms with Gasteiger partial charge in [0, 0.05) is 0 Å². The van der Waals surface area contributed by atoms with Crippen molar-refractivity contribution in [1.29, 1.82) is 0 Å². The molecule has 0 saturated carbocycles. The van der Waals surface area contributed by atoms with Gasteiger partial charge in [0.25, 0.3) is 5.92 Å². The molecule has 0 fully saturated rings. The third kappa shape index (κ3) is 29.8. The standard InChI is InChI=1S/C40H76O6/c1-4-7-10-13-16-19-22-25-28-31-34-44-38(41)37(39(42)45-35-32-29-26-23-20-17-14-11-8-5-2)40(43)46-36-33-30-27-24-21-18-15-12-9-6-3/h37H,4-36H2,1-3H3. The number of esters is 3. The fourth-order valence-electron chi connectivity index (χ4n) is 5.83. The lowest BCUT2D eigenvalue weighted by atomic mass is 10.1. The Balaban J connectivity index is 4.40. The maximum atomic E-state index is 12.9. The van der Waals surface area contributed by atoms with E-state index in [1.54, 1.807) is 0 Å². The molecule has 0 aromatic heterocycles. The predicted octanol–water partition coefficient (Wildman–Crippen LogP) is 12.0. The van der Waals surface area contributed by atoms with Crippen LogP contribution in [0.15, 0.2) is 0 Å². The quantitative estimate of drug-likeness (QED) is 0.0290. The molecule has 0 aromatic rings. The second-order valence-electron chi connectivity index (χ2n) is 13.5. The van der Waals surface area contributed by atoms with Gasteiger partial charge < -0.3 is 14.2 Å². The first kappa shape index (κ1) is 44.4. The van der Waals surface area contributed by atoms with E-state index in [0.29, 0.717) is 0 Å². The maximum Gasteiger partial charge on any atom is 0.331 e. The van der Waals surface area contributed by atoms with Crippen LogP contribution < -0.4 is 0 Å². The van der Waals surface area contributed by atoms with Crippen LogP contribution in [0.25, 0.3) is 0 Å². The van der Waals surface area contributed by atoms with Crippen molar-refractivity contribution < 1.29 is 28.6 Å². The summed E-state index contributed by atoms with van der Waals surface area (Å²) >= 11 is 0. The minimum atomic E-state index is -1.64. The summed E-state index contributed by atoms with van der Waals surface area (Å²) in [5.41, 5.74) is 0. The molecule has 0 amide bonds. The van der Waals surface area contributed by atoms with Crippen molar-refractivity contribution in [3.05, 3.63) is 0 Å². The smallest absolute Gasteiger partial charge is 0.331 e. The van der Waals surface area contributed by atoms with Gasteiger partial charge >= 0.3 is 17.9 Å². The van der Waals surface area contributed by atoms with E-state index in [1.165, 1.54) is 135 Å².